The quantitative estimate of drug-likeness (QED) is 0.892. The van der Waals surface area contributed by atoms with Gasteiger partial charge in [0, 0.05) is 6.54 Å². The first-order valence-electron chi connectivity index (χ1n) is 6.28. The Morgan fingerprint density at radius 1 is 1.21 bits per heavy atom. The Morgan fingerprint density at radius 2 is 2.00 bits per heavy atom. The first kappa shape index (κ1) is 13.3. The Bertz CT molecular complexity index is 558. The predicted molar refractivity (Wildman–Crippen MR) is 73.9 cm³/mol. The highest BCUT2D eigenvalue weighted by Gasteiger charge is 2.06. The second kappa shape index (κ2) is 6.18. The summed E-state index contributed by atoms with van der Waals surface area (Å²) in [6, 6.07) is 10.8. The number of nitrogens with one attached hydrogen (secondary N) is 1. The highest BCUT2D eigenvalue weighted by Crippen LogP contribution is 2.20. The van der Waals surface area contributed by atoms with Gasteiger partial charge in [-0.05, 0) is 37.6 Å². The molecule has 3 nitrogen and oxygen atoms in total. The maximum absolute atomic E-state index is 13.7. The van der Waals surface area contributed by atoms with Crippen molar-refractivity contribution in [2.24, 2.45) is 0 Å². The van der Waals surface area contributed by atoms with Gasteiger partial charge >= 0.3 is 0 Å². The van der Waals surface area contributed by atoms with Crippen LogP contribution in [-0.2, 0) is 6.61 Å². The summed E-state index contributed by atoms with van der Waals surface area (Å²) in [5.74, 6) is 0.745. The zero-order chi connectivity index (χ0) is 13.7. The van der Waals surface area contributed by atoms with Gasteiger partial charge in [0.05, 0.1) is 5.69 Å². The second-order valence-corrected chi connectivity index (χ2v) is 4.22. The Labute approximate surface area is 112 Å². The number of benzene rings is 1. The molecule has 19 heavy (non-hydrogen) atoms. The summed E-state index contributed by atoms with van der Waals surface area (Å²) in [4.78, 5) is 4.37. The van der Waals surface area contributed by atoms with Crippen molar-refractivity contribution in [2.75, 3.05) is 11.9 Å². The van der Waals surface area contributed by atoms with E-state index in [0.717, 1.165) is 18.1 Å². The molecule has 4 heteroatoms. The van der Waals surface area contributed by atoms with Crippen LogP contribution in [0.5, 0.6) is 5.75 Å². The third-order valence-corrected chi connectivity index (χ3v) is 2.70. The van der Waals surface area contributed by atoms with Crippen LogP contribution in [-0.4, -0.2) is 11.5 Å². The van der Waals surface area contributed by atoms with Crippen molar-refractivity contribution in [1.82, 2.24) is 4.98 Å². The van der Waals surface area contributed by atoms with E-state index in [0.29, 0.717) is 5.56 Å². The number of hydrogen-bond acceptors (Lipinski definition) is 3. The van der Waals surface area contributed by atoms with Crippen LogP contribution in [0.3, 0.4) is 0 Å². The number of pyridine rings is 1. The molecule has 0 amide bonds. The molecule has 0 saturated heterocycles. The van der Waals surface area contributed by atoms with Crippen LogP contribution in [0.25, 0.3) is 0 Å². The van der Waals surface area contributed by atoms with E-state index in [2.05, 4.69) is 10.3 Å². The Hall–Kier alpha value is -2.10. The predicted octanol–water partition coefficient (Wildman–Crippen LogP) is 3.54. The van der Waals surface area contributed by atoms with Crippen molar-refractivity contribution in [3.8, 4) is 5.75 Å². The molecular formula is C15H17FN2O. The van der Waals surface area contributed by atoms with E-state index in [1.54, 1.807) is 25.1 Å². The smallest absolute Gasteiger partial charge is 0.167 e. The average Bonchev–Trinajstić information content (AvgIpc) is 2.41. The molecule has 0 atom stereocenters. The van der Waals surface area contributed by atoms with Crippen LogP contribution in [0, 0.1) is 12.7 Å². The molecule has 1 aromatic heterocycles. The molecule has 0 spiro atoms. The van der Waals surface area contributed by atoms with Gasteiger partial charge in [0.1, 0.15) is 12.4 Å². The largest absolute Gasteiger partial charge is 0.484 e. The van der Waals surface area contributed by atoms with E-state index in [1.807, 2.05) is 25.1 Å². The Morgan fingerprint density at radius 3 is 2.79 bits per heavy atom. The minimum Gasteiger partial charge on any atom is -0.484 e. The van der Waals surface area contributed by atoms with E-state index >= 15 is 0 Å². The molecule has 0 radical (unpaired) electrons. The Kier molecular flexibility index (Phi) is 4.34. The van der Waals surface area contributed by atoms with Crippen LogP contribution in [0.4, 0.5) is 10.2 Å². The first-order valence-corrected chi connectivity index (χ1v) is 6.28. The average molecular weight is 260 g/mol. The van der Waals surface area contributed by atoms with Gasteiger partial charge in [-0.2, -0.15) is 0 Å². The van der Waals surface area contributed by atoms with Gasteiger partial charge in [0.15, 0.2) is 11.6 Å². The fourth-order valence-corrected chi connectivity index (χ4v) is 1.72. The van der Waals surface area contributed by atoms with Gasteiger partial charge in [-0.1, -0.05) is 18.2 Å². The maximum atomic E-state index is 13.7. The van der Waals surface area contributed by atoms with E-state index in [9.17, 15) is 4.39 Å². The molecule has 0 saturated carbocycles. The summed E-state index contributed by atoms with van der Waals surface area (Å²) in [5, 5.41) is 3.13. The third kappa shape index (κ3) is 3.44. The Balaban J connectivity index is 2.06. The van der Waals surface area contributed by atoms with Crippen molar-refractivity contribution >= 4 is 5.82 Å². The molecule has 0 fully saturated rings. The summed E-state index contributed by atoms with van der Waals surface area (Å²) in [7, 11) is 0. The number of halogens is 1. The molecule has 0 bridgehead atoms. The fraction of sp³-hybridized carbons (Fsp3) is 0.267. The summed E-state index contributed by atoms with van der Waals surface area (Å²) in [5.41, 5.74) is 1.34. The van der Waals surface area contributed by atoms with Crippen LogP contribution in [0.2, 0.25) is 0 Å². The molecule has 0 aliphatic carbocycles. The van der Waals surface area contributed by atoms with Crippen LogP contribution >= 0.6 is 0 Å². The summed E-state index contributed by atoms with van der Waals surface area (Å²) in [6.45, 7) is 4.78. The zero-order valence-corrected chi connectivity index (χ0v) is 11.1. The molecule has 100 valence electrons. The van der Waals surface area contributed by atoms with Crippen LogP contribution in [0.15, 0.2) is 36.4 Å². The van der Waals surface area contributed by atoms with Crippen molar-refractivity contribution < 1.29 is 9.13 Å². The SMILES string of the molecule is CCNc1cccc(COc2cccc(C)c2F)n1. The number of hydrogen-bond donors (Lipinski definition) is 1. The number of aromatic nitrogens is 1. The van der Waals surface area contributed by atoms with Gasteiger partial charge in [-0.3, -0.25) is 0 Å². The lowest BCUT2D eigenvalue weighted by molar-refractivity contribution is 0.285. The molecule has 0 aliphatic rings. The number of rotatable bonds is 5. The highest BCUT2D eigenvalue weighted by atomic mass is 19.1. The van der Waals surface area contributed by atoms with Gasteiger partial charge in [-0.15, -0.1) is 0 Å². The summed E-state index contributed by atoms with van der Waals surface area (Å²) in [6.07, 6.45) is 0. The van der Waals surface area contributed by atoms with E-state index < -0.39 is 0 Å². The number of nitrogens with zero attached hydrogens (tertiary/aromatic N) is 1. The minimum atomic E-state index is -0.315. The monoisotopic (exact) mass is 260 g/mol. The molecule has 1 N–H and O–H groups in total. The zero-order valence-electron chi connectivity index (χ0n) is 11.1. The minimum absolute atomic E-state index is 0.250. The number of anilines is 1. The lowest BCUT2D eigenvalue weighted by Gasteiger charge is -2.09. The van der Waals surface area contributed by atoms with Gasteiger partial charge in [0.2, 0.25) is 0 Å². The van der Waals surface area contributed by atoms with Gasteiger partial charge in [0.25, 0.3) is 0 Å². The van der Waals surface area contributed by atoms with Crippen molar-refractivity contribution in [3.05, 3.63) is 53.5 Å². The van der Waals surface area contributed by atoms with Crippen LogP contribution < -0.4 is 10.1 Å². The normalized spacial score (nSPS) is 10.3. The van der Waals surface area contributed by atoms with Crippen molar-refractivity contribution in [3.63, 3.8) is 0 Å². The van der Waals surface area contributed by atoms with Gasteiger partial charge < -0.3 is 10.1 Å². The molecular weight excluding hydrogens is 243 g/mol. The molecule has 2 aromatic rings. The highest BCUT2D eigenvalue weighted by molar-refractivity contribution is 5.35. The molecule has 1 aromatic carbocycles. The lowest BCUT2D eigenvalue weighted by atomic mass is 10.2. The summed E-state index contributed by atoms with van der Waals surface area (Å²) >= 11 is 0. The topological polar surface area (TPSA) is 34.1 Å². The fourth-order valence-electron chi connectivity index (χ4n) is 1.72. The maximum Gasteiger partial charge on any atom is 0.167 e. The number of aryl methyl sites for hydroxylation is 1. The summed E-state index contributed by atoms with van der Waals surface area (Å²) < 4.78 is 19.2. The molecule has 2 rings (SSSR count). The van der Waals surface area contributed by atoms with E-state index in [-0.39, 0.29) is 18.2 Å². The number of ether oxygens (including phenoxy) is 1. The molecule has 1 heterocycles. The van der Waals surface area contributed by atoms with Gasteiger partial charge in [-0.25, -0.2) is 9.37 Å². The third-order valence-electron chi connectivity index (χ3n) is 2.70. The van der Waals surface area contributed by atoms with E-state index in [4.69, 9.17) is 4.74 Å². The molecule has 0 aliphatic heterocycles. The molecule has 0 unspecified atom stereocenters. The first-order chi connectivity index (χ1) is 9.20. The van der Waals surface area contributed by atoms with Crippen molar-refractivity contribution in [2.45, 2.75) is 20.5 Å². The van der Waals surface area contributed by atoms with Crippen LogP contribution in [0.1, 0.15) is 18.2 Å². The van der Waals surface area contributed by atoms with E-state index in [1.165, 1.54) is 0 Å². The van der Waals surface area contributed by atoms with Crippen molar-refractivity contribution in [1.29, 1.82) is 0 Å². The second-order valence-electron chi connectivity index (χ2n) is 4.22. The lowest BCUT2D eigenvalue weighted by Crippen LogP contribution is -2.04. The standard InChI is InChI=1S/C15H17FN2O/c1-3-17-14-9-5-7-12(18-14)10-19-13-8-4-6-11(2)15(13)16/h4-9H,3,10H2,1-2H3,(H,17,18).